The summed E-state index contributed by atoms with van der Waals surface area (Å²) in [6.45, 7) is 3.74. The largest absolute Gasteiger partial charge is 0.480 e. The highest BCUT2D eigenvalue weighted by atomic mass is 16.4. The molecule has 0 aromatic rings. The van der Waals surface area contributed by atoms with Crippen LogP contribution in [0.3, 0.4) is 0 Å². The van der Waals surface area contributed by atoms with Gasteiger partial charge in [-0.25, -0.2) is 0 Å². The Morgan fingerprint density at radius 1 is 1.67 bits per heavy atom. The summed E-state index contributed by atoms with van der Waals surface area (Å²) in [7, 11) is 1.65. The molecule has 52 valence electrons. The van der Waals surface area contributed by atoms with E-state index in [2.05, 4.69) is 5.23 Å². The average molecular weight is 129 g/mol. The zero-order valence-electron chi connectivity index (χ0n) is 6.01. The zero-order chi connectivity index (χ0) is 7.44. The van der Waals surface area contributed by atoms with Crippen LogP contribution in [0.1, 0.15) is 13.8 Å². The van der Waals surface area contributed by atoms with Crippen molar-refractivity contribution in [1.29, 1.82) is 0 Å². The standard InChI is InChI=1S/C5H12BNO2/c1-3(2)4(7-6)5(8)9/h3-4,7H,6H2,1-2H3,(H,8,9)/t4-/m0/s1. The summed E-state index contributed by atoms with van der Waals surface area (Å²) in [5, 5.41) is 11.2. The van der Waals surface area contributed by atoms with Crippen molar-refractivity contribution >= 4 is 14.0 Å². The first-order chi connectivity index (χ1) is 4.09. The molecule has 0 aromatic heterocycles. The van der Waals surface area contributed by atoms with E-state index in [1.165, 1.54) is 0 Å². The fourth-order valence-corrected chi connectivity index (χ4v) is 0.742. The van der Waals surface area contributed by atoms with Gasteiger partial charge in [-0.3, -0.25) is 4.79 Å². The third-order valence-corrected chi connectivity index (χ3v) is 1.24. The zero-order valence-corrected chi connectivity index (χ0v) is 6.01. The van der Waals surface area contributed by atoms with E-state index in [0.717, 1.165) is 0 Å². The van der Waals surface area contributed by atoms with Gasteiger partial charge in [0.25, 0.3) is 0 Å². The number of rotatable bonds is 3. The van der Waals surface area contributed by atoms with E-state index in [9.17, 15) is 4.79 Å². The van der Waals surface area contributed by atoms with E-state index in [1.807, 2.05) is 13.8 Å². The molecule has 0 fully saturated rings. The molecule has 1 atom stereocenters. The van der Waals surface area contributed by atoms with Crippen molar-refractivity contribution in [3.63, 3.8) is 0 Å². The van der Waals surface area contributed by atoms with Crippen LogP contribution >= 0.6 is 0 Å². The maximum Gasteiger partial charge on any atom is 0.319 e. The summed E-state index contributed by atoms with van der Waals surface area (Å²) in [4.78, 5) is 10.3. The average Bonchev–Trinajstić information content (AvgIpc) is 1.64. The molecule has 0 spiro atoms. The Hall–Kier alpha value is -0.505. The number of hydrogen-bond acceptors (Lipinski definition) is 2. The molecule has 0 unspecified atom stereocenters. The van der Waals surface area contributed by atoms with E-state index in [1.54, 1.807) is 7.98 Å². The molecule has 4 heteroatoms. The smallest absolute Gasteiger partial charge is 0.319 e. The van der Waals surface area contributed by atoms with Gasteiger partial charge < -0.3 is 10.3 Å². The Kier molecular flexibility index (Phi) is 3.31. The highest BCUT2D eigenvalue weighted by Crippen LogP contribution is 1.99. The highest BCUT2D eigenvalue weighted by Gasteiger charge is 2.17. The maximum absolute atomic E-state index is 10.3. The summed E-state index contributed by atoms with van der Waals surface area (Å²) < 4.78 is 0. The molecule has 0 saturated heterocycles. The van der Waals surface area contributed by atoms with Crippen LogP contribution in [0.4, 0.5) is 0 Å². The lowest BCUT2D eigenvalue weighted by molar-refractivity contribution is -0.140. The Bertz CT molecular complexity index is 105. The molecule has 0 aromatic carbocycles. The van der Waals surface area contributed by atoms with Gasteiger partial charge in [0.1, 0.15) is 0 Å². The minimum Gasteiger partial charge on any atom is -0.480 e. The van der Waals surface area contributed by atoms with Gasteiger partial charge in [-0.2, -0.15) is 0 Å². The summed E-state index contributed by atoms with van der Waals surface area (Å²) in [5.74, 6) is -0.639. The fraction of sp³-hybridized carbons (Fsp3) is 0.800. The van der Waals surface area contributed by atoms with Gasteiger partial charge in [0, 0.05) is 0 Å². The molecule has 9 heavy (non-hydrogen) atoms. The monoisotopic (exact) mass is 129 g/mol. The van der Waals surface area contributed by atoms with Crippen molar-refractivity contribution < 1.29 is 9.90 Å². The second-order valence-corrected chi connectivity index (χ2v) is 2.35. The SMILES string of the molecule is BN[C@H](C(=O)O)C(C)C. The van der Waals surface area contributed by atoms with Gasteiger partial charge >= 0.3 is 5.97 Å². The molecule has 0 bridgehead atoms. The van der Waals surface area contributed by atoms with Gasteiger partial charge in [-0.05, 0) is 5.92 Å². The predicted octanol–water partition coefficient (Wildman–Crippen LogP) is -0.767. The molecule has 3 nitrogen and oxygen atoms in total. The molecule has 0 heterocycles. The Morgan fingerprint density at radius 3 is 2.11 bits per heavy atom. The van der Waals surface area contributed by atoms with Crippen LogP contribution < -0.4 is 5.23 Å². The minimum atomic E-state index is -0.785. The molecule has 0 amide bonds. The molecule has 0 saturated carbocycles. The first-order valence-corrected chi connectivity index (χ1v) is 2.99. The summed E-state index contributed by atoms with van der Waals surface area (Å²) >= 11 is 0. The molecule has 0 radical (unpaired) electrons. The number of hydrogen-bond donors (Lipinski definition) is 2. The molecular weight excluding hydrogens is 117 g/mol. The topological polar surface area (TPSA) is 49.3 Å². The van der Waals surface area contributed by atoms with E-state index in [4.69, 9.17) is 5.11 Å². The molecule has 0 aliphatic heterocycles. The number of carbonyl (C=O) groups is 1. The van der Waals surface area contributed by atoms with Crippen LogP contribution in [0.5, 0.6) is 0 Å². The molecule has 0 rings (SSSR count). The normalized spacial score (nSPS) is 13.7. The second kappa shape index (κ2) is 3.51. The van der Waals surface area contributed by atoms with Crippen molar-refractivity contribution in [1.82, 2.24) is 5.23 Å². The number of aliphatic carboxylic acids is 1. The van der Waals surface area contributed by atoms with Crippen LogP contribution in [0.25, 0.3) is 0 Å². The maximum atomic E-state index is 10.3. The summed E-state index contributed by atoms with van der Waals surface area (Å²) in [6.07, 6.45) is 0. The van der Waals surface area contributed by atoms with E-state index in [-0.39, 0.29) is 5.92 Å². The third-order valence-electron chi connectivity index (χ3n) is 1.24. The van der Waals surface area contributed by atoms with Crippen molar-refractivity contribution in [2.24, 2.45) is 5.92 Å². The highest BCUT2D eigenvalue weighted by molar-refractivity contribution is 6.06. The minimum absolute atomic E-state index is 0.146. The van der Waals surface area contributed by atoms with Gasteiger partial charge in [0.15, 0.2) is 7.98 Å². The van der Waals surface area contributed by atoms with E-state index >= 15 is 0 Å². The lowest BCUT2D eigenvalue weighted by Crippen LogP contribution is -2.39. The van der Waals surface area contributed by atoms with Crippen LogP contribution in [0.2, 0.25) is 0 Å². The van der Waals surface area contributed by atoms with Crippen molar-refractivity contribution in [3.05, 3.63) is 0 Å². The van der Waals surface area contributed by atoms with E-state index < -0.39 is 12.0 Å². The molecular formula is C5H12BNO2. The Balaban J connectivity index is 3.83. The third kappa shape index (κ3) is 2.51. The van der Waals surface area contributed by atoms with Crippen LogP contribution in [0, 0.1) is 5.92 Å². The predicted molar refractivity (Wildman–Crippen MR) is 37.9 cm³/mol. The summed E-state index contributed by atoms with van der Waals surface area (Å²) in [6, 6.07) is -0.412. The lowest BCUT2D eigenvalue weighted by atomic mass is 10.0. The van der Waals surface area contributed by atoms with Crippen LogP contribution in [0.15, 0.2) is 0 Å². The number of carboxylic acid groups (broad SMARTS) is 1. The summed E-state index contributed by atoms with van der Waals surface area (Å²) in [5.41, 5.74) is 0. The first kappa shape index (κ1) is 8.49. The van der Waals surface area contributed by atoms with E-state index in [0.29, 0.717) is 0 Å². The number of carboxylic acids is 1. The quantitative estimate of drug-likeness (QED) is 0.492. The second-order valence-electron chi connectivity index (χ2n) is 2.35. The Morgan fingerprint density at radius 2 is 2.11 bits per heavy atom. The van der Waals surface area contributed by atoms with Crippen molar-refractivity contribution in [3.8, 4) is 0 Å². The number of nitrogens with one attached hydrogen (secondary N) is 1. The lowest BCUT2D eigenvalue weighted by Gasteiger charge is -2.14. The van der Waals surface area contributed by atoms with Crippen molar-refractivity contribution in [2.75, 3.05) is 0 Å². The Labute approximate surface area is 55.9 Å². The van der Waals surface area contributed by atoms with Gasteiger partial charge in [-0.15, -0.1) is 0 Å². The van der Waals surface area contributed by atoms with Gasteiger partial charge in [0.05, 0.1) is 6.04 Å². The van der Waals surface area contributed by atoms with Crippen molar-refractivity contribution in [2.45, 2.75) is 19.9 Å². The van der Waals surface area contributed by atoms with Gasteiger partial charge in [0.2, 0.25) is 0 Å². The molecule has 0 aliphatic rings. The first-order valence-electron chi connectivity index (χ1n) is 2.99. The molecule has 0 aliphatic carbocycles. The fourth-order valence-electron chi connectivity index (χ4n) is 0.742. The molecule has 2 N–H and O–H groups in total. The van der Waals surface area contributed by atoms with Crippen LogP contribution in [-0.4, -0.2) is 25.1 Å². The van der Waals surface area contributed by atoms with Gasteiger partial charge in [-0.1, -0.05) is 13.8 Å². The van der Waals surface area contributed by atoms with Crippen LogP contribution in [-0.2, 0) is 4.79 Å².